The number of piperidine rings is 1. The van der Waals surface area contributed by atoms with Gasteiger partial charge in [0.15, 0.2) is 11.6 Å². The van der Waals surface area contributed by atoms with Gasteiger partial charge in [0.2, 0.25) is 11.8 Å². The van der Waals surface area contributed by atoms with Gasteiger partial charge < -0.3 is 19.8 Å². The van der Waals surface area contributed by atoms with Crippen LogP contribution in [0.25, 0.3) is 11.4 Å². The van der Waals surface area contributed by atoms with Crippen LogP contribution in [0.3, 0.4) is 0 Å². The number of aliphatic hydroxyl groups is 2. The van der Waals surface area contributed by atoms with Crippen molar-refractivity contribution in [1.29, 1.82) is 0 Å². The van der Waals surface area contributed by atoms with Crippen molar-refractivity contribution in [2.24, 2.45) is 0 Å². The fraction of sp³-hybridized carbons (Fsp3) is 0.400. The van der Waals surface area contributed by atoms with Gasteiger partial charge in [-0.2, -0.15) is 18.2 Å². The quantitative estimate of drug-likeness (QED) is 0.427. The van der Waals surface area contributed by atoms with E-state index in [0.29, 0.717) is 30.2 Å². The smallest absolute Gasteiger partial charge is 0.416 e. The number of fused-ring (bicyclic) bond motifs is 4. The second-order valence-corrected chi connectivity index (χ2v) is 9.29. The summed E-state index contributed by atoms with van der Waals surface area (Å²) in [4.78, 5) is 34.5. The molecule has 0 spiro atoms. The van der Waals surface area contributed by atoms with E-state index >= 15 is 0 Å². The molecule has 0 radical (unpaired) electrons. The van der Waals surface area contributed by atoms with Gasteiger partial charge in [0.25, 0.3) is 0 Å². The number of amides is 2. The van der Waals surface area contributed by atoms with Gasteiger partial charge in [0.05, 0.1) is 23.9 Å². The van der Waals surface area contributed by atoms with Crippen molar-refractivity contribution >= 4 is 23.5 Å². The minimum atomic E-state index is -4.53. The molecule has 2 aromatic heterocycles. The zero-order valence-electron chi connectivity index (χ0n) is 20.9. The third kappa shape index (κ3) is 5.56. The van der Waals surface area contributed by atoms with Crippen LogP contribution in [0.2, 0.25) is 0 Å². The number of nitrogens with zero attached hydrogens (tertiary/aromatic N) is 6. The number of aryl methyl sites for hydroxylation is 1. The van der Waals surface area contributed by atoms with Crippen LogP contribution in [-0.2, 0) is 6.18 Å². The number of carbonyl (C=O) groups excluding carboxylic acids is 1. The monoisotopic (exact) mass is 545 g/mol. The van der Waals surface area contributed by atoms with E-state index in [4.69, 9.17) is 9.84 Å². The van der Waals surface area contributed by atoms with Gasteiger partial charge in [0.1, 0.15) is 18.4 Å². The van der Waals surface area contributed by atoms with Crippen molar-refractivity contribution in [3.63, 3.8) is 0 Å². The Morgan fingerprint density at radius 1 is 1.26 bits per heavy atom. The largest absolute Gasteiger partial charge is 0.475 e. The molecule has 0 aliphatic carbocycles. The first-order valence-electron chi connectivity index (χ1n) is 12.3. The molecule has 3 aromatic rings. The van der Waals surface area contributed by atoms with Gasteiger partial charge in [0, 0.05) is 30.9 Å². The van der Waals surface area contributed by atoms with Gasteiger partial charge in [-0.25, -0.2) is 19.7 Å². The predicted molar refractivity (Wildman–Crippen MR) is 135 cm³/mol. The summed E-state index contributed by atoms with van der Waals surface area (Å²) in [6.07, 6.45) is -2.72. The standard InChI is InChI=1S/C25H26F3N7O4/c1-14-20-22(32-21(30-14)15-4-2-5-16(10-15)25(26,27)28)35(17-6-3-9-34(20)11-17)24(38)33-23-29-8-7-19(31-23)39-13-18(37)12-36/h2,4-5,7-8,10,17-18,36-37H,3,6,9,11-13H2,1H3,(H,29,31,33,38)/t17?,18-/m0/s1. The predicted octanol–water partition coefficient (Wildman–Crippen LogP) is 3.01. The van der Waals surface area contributed by atoms with Crippen LogP contribution in [0, 0.1) is 6.92 Å². The van der Waals surface area contributed by atoms with Crippen molar-refractivity contribution in [2.45, 2.75) is 38.1 Å². The number of hydrogen-bond acceptors (Lipinski definition) is 9. The van der Waals surface area contributed by atoms with E-state index in [0.717, 1.165) is 25.1 Å². The Kier molecular flexibility index (Phi) is 7.23. The van der Waals surface area contributed by atoms with E-state index in [2.05, 4.69) is 30.2 Å². The van der Waals surface area contributed by atoms with Crippen LogP contribution < -0.4 is 19.9 Å². The molecular formula is C25H26F3N7O4. The normalized spacial score (nSPS) is 17.4. The number of hydrogen-bond donors (Lipinski definition) is 3. The number of halogens is 3. The van der Waals surface area contributed by atoms with Gasteiger partial charge in [-0.1, -0.05) is 12.1 Å². The van der Waals surface area contributed by atoms with E-state index in [-0.39, 0.29) is 35.9 Å². The van der Waals surface area contributed by atoms with Gasteiger partial charge in [-0.15, -0.1) is 0 Å². The van der Waals surface area contributed by atoms with Crippen LogP contribution in [0.1, 0.15) is 24.1 Å². The highest BCUT2D eigenvalue weighted by atomic mass is 19.4. The van der Waals surface area contributed by atoms with Crippen molar-refractivity contribution in [3.8, 4) is 17.3 Å². The lowest BCUT2D eigenvalue weighted by molar-refractivity contribution is -0.137. The van der Waals surface area contributed by atoms with E-state index in [9.17, 15) is 23.1 Å². The molecule has 1 fully saturated rings. The molecule has 1 saturated heterocycles. The highest BCUT2D eigenvalue weighted by Crippen LogP contribution is 2.41. The van der Waals surface area contributed by atoms with Crippen LogP contribution in [0.5, 0.6) is 5.88 Å². The minimum absolute atomic E-state index is 0.0559. The molecule has 5 rings (SSSR count). The summed E-state index contributed by atoms with van der Waals surface area (Å²) in [5.41, 5.74) is 0.549. The molecule has 206 valence electrons. The van der Waals surface area contributed by atoms with Gasteiger partial charge in [-0.3, -0.25) is 10.2 Å². The van der Waals surface area contributed by atoms with Crippen LogP contribution in [0.4, 0.5) is 35.4 Å². The average molecular weight is 546 g/mol. The molecule has 2 atom stereocenters. The second-order valence-electron chi connectivity index (χ2n) is 9.29. The number of benzene rings is 1. The summed E-state index contributed by atoms with van der Waals surface area (Å²) in [7, 11) is 0. The summed E-state index contributed by atoms with van der Waals surface area (Å²) in [5, 5.41) is 21.1. The second kappa shape index (κ2) is 10.6. The lowest BCUT2D eigenvalue weighted by Gasteiger charge is -2.46. The van der Waals surface area contributed by atoms with Crippen LogP contribution in [-0.4, -0.2) is 74.6 Å². The lowest BCUT2D eigenvalue weighted by Crippen LogP contribution is -2.56. The zero-order valence-corrected chi connectivity index (χ0v) is 20.9. The van der Waals surface area contributed by atoms with E-state index < -0.39 is 30.5 Å². The molecule has 2 amide bonds. The van der Waals surface area contributed by atoms with E-state index in [1.807, 2.05) is 0 Å². The maximum Gasteiger partial charge on any atom is 0.416 e. The average Bonchev–Trinajstić information content (AvgIpc) is 2.91. The minimum Gasteiger partial charge on any atom is -0.475 e. The Morgan fingerprint density at radius 2 is 2.08 bits per heavy atom. The number of carbonyl (C=O) groups is 1. The summed E-state index contributed by atoms with van der Waals surface area (Å²) >= 11 is 0. The molecule has 2 aliphatic rings. The topological polar surface area (TPSA) is 137 Å². The molecule has 39 heavy (non-hydrogen) atoms. The van der Waals surface area contributed by atoms with Gasteiger partial charge in [-0.05, 0) is 31.9 Å². The van der Waals surface area contributed by atoms with Gasteiger partial charge >= 0.3 is 12.2 Å². The summed E-state index contributed by atoms with van der Waals surface area (Å²) in [5.74, 6) is 0.396. The third-order valence-electron chi connectivity index (χ3n) is 6.50. The number of alkyl halides is 3. The molecule has 0 saturated carbocycles. The zero-order chi connectivity index (χ0) is 27.7. The number of ether oxygens (including phenoxy) is 1. The molecular weight excluding hydrogens is 519 g/mol. The lowest BCUT2D eigenvalue weighted by atomic mass is 9.99. The summed E-state index contributed by atoms with van der Waals surface area (Å²) in [6, 6.07) is 5.39. The number of anilines is 3. The van der Waals surface area contributed by atoms with Crippen molar-refractivity contribution in [2.75, 3.05) is 41.4 Å². The molecule has 1 aromatic carbocycles. The van der Waals surface area contributed by atoms with E-state index in [1.54, 1.807) is 6.92 Å². The molecule has 2 aliphatic heterocycles. The fourth-order valence-corrected chi connectivity index (χ4v) is 4.73. The Bertz CT molecular complexity index is 1370. The van der Waals surface area contributed by atoms with Crippen molar-refractivity contribution in [1.82, 2.24) is 19.9 Å². The van der Waals surface area contributed by atoms with Crippen LogP contribution in [0.15, 0.2) is 36.5 Å². The van der Waals surface area contributed by atoms with E-state index in [1.165, 1.54) is 29.3 Å². The Labute approximate surface area is 221 Å². The van der Waals surface area contributed by atoms with Crippen LogP contribution >= 0.6 is 0 Å². The van der Waals surface area contributed by atoms with Crippen molar-refractivity contribution < 1.29 is 32.9 Å². The highest BCUT2D eigenvalue weighted by molar-refractivity contribution is 6.04. The first-order chi connectivity index (χ1) is 18.6. The SMILES string of the molecule is Cc1nc(-c2cccc(C(F)(F)F)c2)nc2c1N1CCCC(C1)N2C(=O)Nc1nccc(OC[C@@H](O)CO)n1. The number of aliphatic hydroxyl groups excluding tert-OH is 2. The number of aromatic nitrogens is 4. The Morgan fingerprint density at radius 3 is 2.85 bits per heavy atom. The summed E-state index contributed by atoms with van der Waals surface area (Å²) in [6.45, 7) is 2.36. The maximum absolute atomic E-state index is 13.6. The Balaban J connectivity index is 1.48. The van der Waals surface area contributed by atoms with Crippen molar-refractivity contribution in [3.05, 3.63) is 47.8 Å². The summed E-state index contributed by atoms with van der Waals surface area (Å²) < 4.78 is 45.4. The number of nitrogens with one attached hydrogen (secondary N) is 1. The third-order valence-corrected chi connectivity index (χ3v) is 6.50. The molecule has 3 N–H and O–H groups in total. The number of urea groups is 1. The maximum atomic E-state index is 13.6. The first kappa shape index (κ1) is 26.6. The molecule has 1 unspecified atom stereocenters. The highest BCUT2D eigenvalue weighted by Gasteiger charge is 2.40. The molecule has 14 heteroatoms. The molecule has 4 heterocycles. The first-order valence-corrected chi connectivity index (χ1v) is 12.3. The Hall–Kier alpha value is -4.04. The fourth-order valence-electron chi connectivity index (χ4n) is 4.73. The number of rotatable bonds is 6. The molecule has 2 bridgehead atoms. The molecule has 11 nitrogen and oxygen atoms in total.